The van der Waals surface area contributed by atoms with E-state index in [9.17, 15) is 14.7 Å². The lowest BCUT2D eigenvalue weighted by Crippen LogP contribution is -2.38. The van der Waals surface area contributed by atoms with Crippen molar-refractivity contribution in [2.24, 2.45) is 5.41 Å². The monoisotopic (exact) mass is 543 g/mol. The quantitative estimate of drug-likeness (QED) is 0.170. The van der Waals surface area contributed by atoms with Gasteiger partial charge in [0.2, 0.25) is 0 Å². The van der Waals surface area contributed by atoms with Gasteiger partial charge in [0, 0.05) is 31.9 Å². The molecule has 0 spiro atoms. The van der Waals surface area contributed by atoms with Gasteiger partial charge in [0.15, 0.2) is 0 Å². The molecule has 0 aliphatic rings. The Kier molecular flexibility index (Phi) is 9.60. The smallest absolute Gasteiger partial charge is 0.329 e. The molecule has 11 heteroatoms. The molecule has 10 nitrogen and oxygen atoms in total. The van der Waals surface area contributed by atoms with Crippen molar-refractivity contribution < 1.29 is 33.8 Å². The Balaban J connectivity index is 1.97. The zero-order valence-corrected chi connectivity index (χ0v) is 23.1. The van der Waals surface area contributed by atoms with E-state index in [2.05, 4.69) is 15.3 Å². The second kappa shape index (κ2) is 12.5. The molecule has 0 bridgehead atoms. The second-order valence-electron chi connectivity index (χ2n) is 10.1. The lowest BCUT2D eigenvalue weighted by molar-refractivity contribution is -0.149. The minimum absolute atomic E-state index is 0.143. The zero-order valence-electron chi connectivity index (χ0n) is 22.1. The Hall–Kier alpha value is -3.33. The van der Waals surface area contributed by atoms with Crippen LogP contribution < -0.4 is 10.1 Å². The van der Waals surface area contributed by atoms with E-state index >= 15 is 0 Å². The van der Waals surface area contributed by atoms with Crippen molar-refractivity contribution in [2.75, 3.05) is 18.3 Å². The average molecular weight is 544 g/mol. The van der Waals surface area contributed by atoms with Crippen molar-refractivity contribution in [3.05, 3.63) is 54.4 Å². The molecule has 0 fully saturated rings. The summed E-state index contributed by atoms with van der Waals surface area (Å²) >= 11 is 0. The number of anilines is 2. The maximum atomic E-state index is 11.8. The van der Waals surface area contributed by atoms with Gasteiger partial charge >= 0.3 is 11.9 Å². The van der Waals surface area contributed by atoms with E-state index in [4.69, 9.17) is 19.1 Å². The Morgan fingerprint density at radius 3 is 2.45 bits per heavy atom. The molecule has 0 saturated carbocycles. The molecule has 2 unspecified atom stereocenters. The molecule has 0 aliphatic carbocycles. The summed E-state index contributed by atoms with van der Waals surface area (Å²) in [5, 5.41) is 22.4. The first-order valence-corrected chi connectivity index (χ1v) is 13.2. The number of benzene rings is 2. The van der Waals surface area contributed by atoms with Crippen LogP contribution in [0.3, 0.4) is 0 Å². The lowest BCUT2D eigenvalue weighted by atomic mass is 9.82. The molecule has 3 N–H and O–H groups in total. The third kappa shape index (κ3) is 8.08. The van der Waals surface area contributed by atoms with Gasteiger partial charge in [-0.25, -0.2) is 14.8 Å². The number of hydrogen-bond donors (Lipinski definition) is 3. The number of rotatable bonds is 14. The number of carbonyl (C=O) groups is 2. The number of aromatic nitrogens is 2. The summed E-state index contributed by atoms with van der Waals surface area (Å²) < 4.78 is 17.5. The molecular formula is C27H34N3O7P. The summed E-state index contributed by atoms with van der Waals surface area (Å²) in [4.78, 5) is 31.3. The summed E-state index contributed by atoms with van der Waals surface area (Å²) in [6.07, 6.45) is 1.49. The Labute approximate surface area is 223 Å². The largest absolute Gasteiger partial charge is 0.487 e. The fraction of sp³-hybridized carbons (Fsp3) is 0.407. The van der Waals surface area contributed by atoms with Crippen molar-refractivity contribution >= 4 is 43.2 Å². The number of fused-ring (bicyclic) bond motifs is 1. The Bertz CT molecular complexity index is 1270. The van der Waals surface area contributed by atoms with E-state index in [1.54, 1.807) is 13.8 Å². The predicted octanol–water partition coefficient (Wildman–Crippen LogP) is 5.76. The van der Waals surface area contributed by atoms with Gasteiger partial charge in [0.25, 0.3) is 0 Å². The first-order chi connectivity index (χ1) is 17.9. The molecule has 0 saturated heterocycles. The topological polar surface area (TPSA) is 140 Å². The van der Waals surface area contributed by atoms with Crippen LogP contribution in [-0.2, 0) is 18.8 Å². The fourth-order valence-corrected chi connectivity index (χ4v) is 4.77. The van der Waals surface area contributed by atoms with Gasteiger partial charge in [-0.05, 0) is 58.9 Å². The molecule has 2 atom stereocenters. The van der Waals surface area contributed by atoms with Gasteiger partial charge in [-0.3, -0.25) is 4.79 Å². The van der Waals surface area contributed by atoms with E-state index in [0.717, 1.165) is 11.1 Å². The van der Waals surface area contributed by atoms with E-state index in [1.807, 2.05) is 63.2 Å². The maximum absolute atomic E-state index is 11.8. The number of carboxylic acids is 2. The van der Waals surface area contributed by atoms with Gasteiger partial charge in [-0.1, -0.05) is 18.2 Å². The SMILES string of the molecule is CC(OCPOCC(=O)O)c1cc2ncnc(Nc3ccccc3)c2cc1OC(C)(C)CC(C)(C)C(=O)O. The molecule has 1 heterocycles. The number of nitrogens with zero attached hydrogens (tertiary/aromatic N) is 2. The van der Waals surface area contributed by atoms with Gasteiger partial charge in [-0.15, -0.1) is 0 Å². The van der Waals surface area contributed by atoms with Crippen molar-refractivity contribution in [1.82, 2.24) is 9.97 Å². The first kappa shape index (κ1) is 29.2. The van der Waals surface area contributed by atoms with E-state index < -0.39 is 29.1 Å². The maximum Gasteiger partial charge on any atom is 0.329 e. The van der Waals surface area contributed by atoms with Crippen LogP contribution in [0.1, 0.15) is 52.7 Å². The number of hydrogen-bond acceptors (Lipinski definition) is 8. The summed E-state index contributed by atoms with van der Waals surface area (Å²) in [5.41, 5.74) is 0.408. The Morgan fingerprint density at radius 1 is 1.08 bits per heavy atom. The fourth-order valence-electron chi connectivity index (χ4n) is 4.14. The number of carboxylic acid groups (broad SMARTS) is 2. The average Bonchev–Trinajstić information content (AvgIpc) is 2.83. The summed E-state index contributed by atoms with van der Waals surface area (Å²) in [7, 11) is -0.143. The van der Waals surface area contributed by atoms with E-state index in [-0.39, 0.29) is 28.2 Å². The van der Waals surface area contributed by atoms with Crippen LogP contribution >= 0.6 is 8.81 Å². The molecule has 0 aliphatic heterocycles. The molecular weight excluding hydrogens is 509 g/mol. The summed E-state index contributed by atoms with van der Waals surface area (Å²) in [6.45, 7) is 8.50. The highest BCUT2D eigenvalue weighted by atomic mass is 31.1. The third-order valence-electron chi connectivity index (χ3n) is 5.76. The molecule has 38 heavy (non-hydrogen) atoms. The van der Waals surface area contributed by atoms with Gasteiger partial charge < -0.3 is 29.5 Å². The molecule has 2 aromatic carbocycles. The van der Waals surface area contributed by atoms with Crippen molar-refractivity contribution in [3.8, 4) is 5.75 Å². The van der Waals surface area contributed by atoms with Crippen molar-refractivity contribution in [2.45, 2.75) is 52.7 Å². The van der Waals surface area contributed by atoms with Crippen LogP contribution in [-0.4, -0.2) is 50.7 Å². The zero-order chi connectivity index (χ0) is 27.9. The van der Waals surface area contributed by atoms with Crippen LogP contribution in [0.25, 0.3) is 10.9 Å². The van der Waals surface area contributed by atoms with Crippen molar-refractivity contribution in [1.29, 1.82) is 0 Å². The Morgan fingerprint density at radius 2 is 1.79 bits per heavy atom. The number of nitrogens with one attached hydrogen (secondary N) is 1. The molecule has 0 radical (unpaired) electrons. The minimum atomic E-state index is -1.04. The van der Waals surface area contributed by atoms with Crippen LogP contribution in [0.4, 0.5) is 11.5 Å². The van der Waals surface area contributed by atoms with Gasteiger partial charge in [0.05, 0.1) is 23.4 Å². The number of aliphatic carboxylic acids is 2. The molecule has 3 aromatic rings. The first-order valence-electron chi connectivity index (χ1n) is 12.1. The van der Waals surface area contributed by atoms with Gasteiger partial charge in [-0.2, -0.15) is 0 Å². The number of para-hydroxylation sites is 1. The molecule has 204 valence electrons. The normalized spacial score (nSPS) is 13.1. The highest BCUT2D eigenvalue weighted by molar-refractivity contribution is 7.32. The second-order valence-corrected chi connectivity index (χ2v) is 11.0. The van der Waals surface area contributed by atoms with Gasteiger partial charge in [0.1, 0.15) is 30.1 Å². The lowest BCUT2D eigenvalue weighted by Gasteiger charge is -2.34. The summed E-state index contributed by atoms with van der Waals surface area (Å²) in [6, 6.07) is 13.3. The predicted molar refractivity (Wildman–Crippen MR) is 146 cm³/mol. The molecule has 3 rings (SSSR count). The minimum Gasteiger partial charge on any atom is -0.487 e. The standard InChI is InChI=1S/C27H34N3O7P/c1-17(35-16-38-36-13-23(31)32)19-11-21-20(24(29-15-28-21)30-18-9-7-6-8-10-18)12-22(19)37-27(4,5)14-26(2,3)25(33)34/h6-12,15,17,38H,13-14,16H2,1-5H3,(H,31,32)(H,33,34)(H,28,29,30). The molecule has 0 amide bonds. The van der Waals surface area contributed by atoms with E-state index in [1.165, 1.54) is 6.33 Å². The van der Waals surface area contributed by atoms with Crippen LogP contribution in [0.2, 0.25) is 0 Å². The third-order valence-corrected chi connectivity index (χ3v) is 6.40. The van der Waals surface area contributed by atoms with E-state index in [0.29, 0.717) is 22.6 Å². The van der Waals surface area contributed by atoms with Crippen LogP contribution in [0.15, 0.2) is 48.8 Å². The number of ether oxygens (including phenoxy) is 2. The highest BCUT2D eigenvalue weighted by Crippen LogP contribution is 2.39. The van der Waals surface area contributed by atoms with Crippen molar-refractivity contribution in [3.63, 3.8) is 0 Å². The van der Waals surface area contributed by atoms with Crippen LogP contribution in [0.5, 0.6) is 5.75 Å². The molecule has 1 aromatic heterocycles. The highest BCUT2D eigenvalue weighted by Gasteiger charge is 2.36. The van der Waals surface area contributed by atoms with Crippen LogP contribution in [0, 0.1) is 5.41 Å². The summed E-state index contributed by atoms with van der Waals surface area (Å²) in [5.74, 6) is -0.841.